The first kappa shape index (κ1) is 15.5. The lowest BCUT2D eigenvalue weighted by Crippen LogP contribution is -2.11. The summed E-state index contributed by atoms with van der Waals surface area (Å²) in [6.45, 7) is 2.72. The highest BCUT2D eigenvalue weighted by Crippen LogP contribution is 2.30. The van der Waals surface area contributed by atoms with Gasteiger partial charge in [-0.25, -0.2) is 4.98 Å². The molecule has 0 bridgehead atoms. The maximum atomic E-state index is 12.2. The summed E-state index contributed by atoms with van der Waals surface area (Å²) >= 11 is 1.66. The van der Waals surface area contributed by atoms with E-state index < -0.39 is 0 Å². The third-order valence-corrected chi connectivity index (χ3v) is 4.99. The van der Waals surface area contributed by atoms with E-state index in [9.17, 15) is 4.79 Å². The molecule has 124 valence electrons. The van der Waals surface area contributed by atoms with Crippen molar-refractivity contribution in [2.75, 3.05) is 5.32 Å². The van der Waals surface area contributed by atoms with Gasteiger partial charge in [0.2, 0.25) is 0 Å². The van der Waals surface area contributed by atoms with Crippen LogP contribution in [0.3, 0.4) is 0 Å². The molecule has 2 heterocycles. The van der Waals surface area contributed by atoms with E-state index in [0.29, 0.717) is 5.56 Å². The first-order chi connectivity index (χ1) is 12.2. The Morgan fingerprint density at radius 2 is 1.96 bits per heavy atom. The van der Waals surface area contributed by atoms with Crippen LogP contribution >= 0.6 is 11.3 Å². The predicted molar refractivity (Wildman–Crippen MR) is 101 cm³/mol. The zero-order chi connectivity index (χ0) is 17.2. The number of fused-ring (bicyclic) bond motifs is 1. The summed E-state index contributed by atoms with van der Waals surface area (Å²) in [5.74, 6) is -0.160. The van der Waals surface area contributed by atoms with Gasteiger partial charge in [0.05, 0.1) is 22.0 Å². The fourth-order valence-corrected chi connectivity index (χ4v) is 3.52. The molecule has 0 aliphatic rings. The van der Waals surface area contributed by atoms with Crippen molar-refractivity contribution in [3.8, 4) is 10.6 Å². The SMILES string of the molecule is CCn1cc(C(=O)Nc2ccc(-c3nc4ccccc4s3)cc2)cn1. The molecule has 25 heavy (non-hydrogen) atoms. The van der Waals surface area contributed by atoms with Crippen LogP contribution in [0, 0.1) is 0 Å². The zero-order valence-electron chi connectivity index (χ0n) is 13.6. The molecule has 0 saturated heterocycles. The van der Waals surface area contributed by atoms with Crippen LogP contribution in [0.4, 0.5) is 5.69 Å². The van der Waals surface area contributed by atoms with Crippen molar-refractivity contribution < 1.29 is 4.79 Å². The number of hydrogen-bond acceptors (Lipinski definition) is 4. The number of carbonyl (C=O) groups excluding carboxylic acids is 1. The first-order valence-electron chi connectivity index (χ1n) is 8.03. The minimum atomic E-state index is -0.160. The van der Waals surface area contributed by atoms with Gasteiger partial charge in [-0.2, -0.15) is 5.10 Å². The Bertz CT molecular complexity index is 1000. The number of benzene rings is 2. The topological polar surface area (TPSA) is 59.8 Å². The van der Waals surface area contributed by atoms with E-state index in [2.05, 4.69) is 21.5 Å². The lowest BCUT2D eigenvalue weighted by molar-refractivity contribution is 0.102. The van der Waals surface area contributed by atoms with E-state index in [0.717, 1.165) is 28.3 Å². The molecule has 0 unspecified atom stereocenters. The number of nitrogens with one attached hydrogen (secondary N) is 1. The van der Waals surface area contributed by atoms with Crippen LogP contribution in [0.1, 0.15) is 17.3 Å². The number of thiazole rings is 1. The van der Waals surface area contributed by atoms with Gasteiger partial charge in [-0.1, -0.05) is 12.1 Å². The average molecular weight is 348 g/mol. The lowest BCUT2D eigenvalue weighted by atomic mass is 10.2. The molecule has 0 saturated carbocycles. The number of aromatic nitrogens is 3. The Morgan fingerprint density at radius 3 is 2.68 bits per heavy atom. The molecule has 0 fully saturated rings. The van der Waals surface area contributed by atoms with Gasteiger partial charge in [0, 0.05) is 24.0 Å². The quantitative estimate of drug-likeness (QED) is 0.593. The fourth-order valence-electron chi connectivity index (χ4n) is 2.55. The van der Waals surface area contributed by atoms with Crippen molar-refractivity contribution in [1.82, 2.24) is 14.8 Å². The highest BCUT2D eigenvalue weighted by Gasteiger charge is 2.10. The molecule has 0 radical (unpaired) electrons. The second kappa shape index (κ2) is 6.49. The third-order valence-electron chi connectivity index (χ3n) is 3.90. The smallest absolute Gasteiger partial charge is 0.258 e. The number of para-hydroxylation sites is 1. The third kappa shape index (κ3) is 3.16. The van der Waals surface area contributed by atoms with Gasteiger partial charge in [-0.3, -0.25) is 9.48 Å². The second-order valence-corrected chi connectivity index (χ2v) is 6.63. The maximum absolute atomic E-state index is 12.2. The summed E-state index contributed by atoms with van der Waals surface area (Å²) in [6, 6.07) is 15.8. The molecular formula is C19H16N4OS. The molecule has 2 aromatic carbocycles. The van der Waals surface area contributed by atoms with Crippen LogP contribution in [0.25, 0.3) is 20.8 Å². The molecule has 5 nitrogen and oxygen atoms in total. The van der Waals surface area contributed by atoms with Crippen molar-refractivity contribution in [3.05, 3.63) is 66.5 Å². The van der Waals surface area contributed by atoms with E-state index in [1.54, 1.807) is 28.4 Å². The van der Waals surface area contributed by atoms with E-state index in [1.165, 1.54) is 4.70 Å². The van der Waals surface area contributed by atoms with Crippen molar-refractivity contribution >= 4 is 33.1 Å². The van der Waals surface area contributed by atoms with E-state index in [4.69, 9.17) is 0 Å². The molecule has 6 heteroatoms. The average Bonchev–Trinajstić information content (AvgIpc) is 3.29. The highest BCUT2D eigenvalue weighted by molar-refractivity contribution is 7.21. The van der Waals surface area contributed by atoms with Gasteiger partial charge < -0.3 is 5.32 Å². The number of amides is 1. The fraction of sp³-hybridized carbons (Fsp3) is 0.105. The summed E-state index contributed by atoms with van der Waals surface area (Å²) in [5.41, 5.74) is 3.35. The second-order valence-electron chi connectivity index (χ2n) is 5.60. The van der Waals surface area contributed by atoms with Crippen molar-refractivity contribution in [1.29, 1.82) is 0 Å². The minimum absolute atomic E-state index is 0.160. The highest BCUT2D eigenvalue weighted by atomic mass is 32.1. The summed E-state index contributed by atoms with van der Waals surface area (Å²) in [4.78, 5) is 16.9. The molecule has 4 rings (SSSR count). The summed E-state index contributed by atoms with van der Waals surface area (Å²) in [5, 5.41) is 7.99. The number of rotatable bonds is 4. The Hall–Kier alpha value is -2.99. The summed E-state index contributed by atoms with van der Waals surface area (Å²) in [7, 11) is 0. The van der Waals surface area contributed by atoms with E-state index in [1.807, 2.05) is 49.4 Å². The largest absolute Gasteiger partial charge is 0.322 e. The van der Waals surface area contributed by atoms with Gasteiger partial charge in [0.1, 0.15) is 5.01 Å². The molecule has 2 aromatic heterocycles. The Kier molecular flexibility index (Phi) is 4.03. The Morgan fingerprint density at radius 1 is 1.16 bits per heavy atom. The lowest BCUT2D eigenvalue weighted by Gasteiger charge is -2.04. The summed E-state index contributed by atoms with van der Waals surface area (Å²) < 4.78 is 2.90. The van der Waals surface area contributed by atoms with Gasteiger partial charge in [0.25, 0.3) is 5.91 Å². The van der Waals surface area contributed by atoms with Crippen LogP contribution in [0.15, 0.2) is 60.9 Å². The van der Waals surface area contributed by atoms with E-state index in [-0.39, 0.29) is 5.91 Å². The van der Waals surface area contributed by atoms with Gasteiger partial charge >= 0.3 is 0 Å². The molecule has 0 aliphatic carbocycles. The van der Waals surface area contributed by atoms with Gasteiger partial charge in [-0.05, 0) is 43.3 Å². The monoisotopic (exact) mass is 348 g/mol. The van der Waals surface area contributed by atoms with Crippen molar-refractivity contribution in [3.63, 3.8) is 0 Å². The molecule has 4 aromatic rings. The van der Waals surface area contributed by atoms with Crippen molar-refractivity contribution in [2.45, 2.75) is 13.5 Å². The Balaban J connectivity index is 1.52. The summed E-state index contributed by atoms with van der Waals surface area (Å²) in [6.07, 6.45) is 3.32. The number of carbonyl (C=O) groups is 1. The van der Waals surface area contributed by atoms with E-state index >= 15 is 0 Å². The number of hydrogen-bond donors (Lipinski definition) is 1. The zero-order valence-corrected chi connectivity index (χ0v) is 14.5. The minimum Gasteiger partial charge on any atom is -0.322 e. The van der Waals surface area contributed by atoms with Crippen LogP contribution in [-0.2, 0) is 6.54 Å². The molecule has 1 amide bonds. The van der Waals surface area contributed by atoms with Gasteiger partial charge in [0.15, 0.2) is 0 Å². The van der Waals surface area contributed by atoms with Crippen LogP contribution in [-0.4, -0.2) is 20.7 Å². The molecule has 0 atom stereocenters. The van der Waals surface area contributed by atoms with Gasteiger partial charge in [-0.15, -0.1) is 11.3 Å². The number of anilines is 1. The number of nitrogens with zero attached hydrogens (tertiary/aromatic N) is 3. The molecule has 1 N–H and O–H groups in total. The predicted octanol–water partition coefficient (Wildman–Crippen LogP) is 4.43. The van der Waals surface area contributed by atoms with Crippen molar-refractivity contribution in [2.24, 2.45) is 0 Å². The first-order valence-corrected chi connectivity index (χ1v) is 8.84. The molecule has 0 spiro atoms. The maximum Gasteiger partial charge on any atom is 0.258 e. The van der Waals surface area contributed by atoms with Crippen LogP contribution in [0.2, 0.25) is 0 Å². The Labute approximate surface area is 149 Å². The van der Waals surface area contributed by atoms with Crippen LogP contribution < -0.4 is 5.32 Å². The number of aryl methyl sites for hydroxylation is 1. The molecular weight excluding hydrogens is 332 g/mol. The normalized spacial score (nSPS) is 10.9. The van der Waals surface area contributed by atoms with Crippen LogP contribution in [0.5, 0.6) is 0 Å². The standard InChI is InChI=1S/C19H16N4OS/c1-2-23-12-14(11-20-23)18(24)21-15-9-7-13(8-10-15)19-22-16-5-3-4-6-17(16)25-19/h3-12H,2H2,1H3,(H,21,24). The molecule has 0 aliphatic heterocycles.